The maximum atomic E-state index is 12.0. The van der Waals surface area contributed by atoms with E-state index in [9.17, 15) is 9.59 Å². The Morgan fingerprint density at radius 3 is 2.42 bits per heavy atom. The molecular formula is C12H15LiN3O3. The Kier molecular flexibility index (Phi) is 5.52. The summed E-state index contributed by atoms with van der Waals surface area (Å²) in [5.74, 6) is -1.86. The van der Waals surface area contributed by atoms with E-state index in [1.54, 1.807) is 6.07 Å². The van der Waals surface area contributed by atoms with Crippen molar-refractivity contribution >= 4 is 36.7 Å². The van der Waals surface area contributed by atoms with Gasteiger partial charge in [0.2, 0.25) is 11.9 Å². The summed E-state index contributed by atoms with van der Waals surface area (Å²) in [7, 11) is 0. The van der Waals surface area contributed by atoms with Crippen molar-refractivity contribution in [1.82, 2.24) is 9.97 Å². The quantitative estimate of drug-likeness (QED) is 0.780. The molecule has 97 valence electrons. The second kappa shape index (κ2) is 6.69. The van der Waals surface area contributed by atoms with Crippen molar-refractivity contribution in [3.63, 3.8) is 0 Å². The predicted octanol–water partition coefficient (Wildman–Crippen LogP) is 0.781. The number of amides is 1. The third-order valence-corrected chi connectivity index (χ3v) is 3.25. The second-order valence-corrected chi connectivity index (χ2v) is 4.69. The molecule has 0 bridgehead atoms. The molecule has 0 spiro atoms. The van der Waals surface area contributed by atoms with Gasteiger partial charge in [-0.15, -0.1) is 0 Å². The maximum Gasteiger partial charge on any atom is 0.307 e. The van der Waals surface area contributed by atoms with Gasteiger partial charge in [-0.25, -0.2) is 9.97 Å². The first-order chi connectivity index (χ1) is 8.58. The van der Waals surface area contributed by atoms with E-state index < -0.39 is 17.8 Å². The number of aromatic nitrogens is 2. The Morgan fingerprint density at radius 2 is 1.84 bits per heavy atom. The van der Waals surface area contributed by atoms with Gasteiger partial charge in [-0.2, -0.15) is 0 Å². The summed E-state index contributed by atoms with van der Waals surface area (Å²) in [6.07, 6.45) is 4.18. The van der Waals surface area contributed by atoms with Gasteiger partial charge < -0.3 is 5.11 Å². The van der Waals surface area contributed by atoms with Crippen molar-refractivity contribution < 1.29 is 14.7 Å². The Labute approximate surface area is 123 Å². The van der Waals surface area contributed by atoms with Crippen LogP contribution in [0.25, 0.3) is 0 Å². The zero-order valence-corrected chi connectivity index (χ0v) is 11.0. The summed E-state index contributed by atoms with van der Waals surface area (Å²) in [4.78, 5) is 30.9. The Balaban J connectivity index is 0.00000180. The summed E-state index contributed by atoms with van der Waals surface area (Å²) >= 11 is 0. The zero-order chi connectivity index (χ0) is 13.1. The third kappa shape index (κ3) is 3.79. The van der Waals surface area contributed by atoms with Crippen molar-refractivity contribution in [3.8, 4) is 0 Å². The van der Waals surface area contributed by atoms with Gasteiger partial charge in [-0.05, 0) is 24.8 Å². The topological polar surface area (TPSA) is 92.2 Å². The first-order valence-corrected chi connectivity index (χ1v) is 5.88. The molecule has 1 fully saturated rings. The van der Waals surface area contributed by atoms with Crippen molar-refractivity contribution in [2.24, 2.45) is 17.8 Å². The Hall–Kier alpha value is -1.38. The van der Waals surface area contributed by atoms with Crippen LogP contribution in [0.2, 0.25) is 0 Å². The van der Waals surface area contributed by atoms with Crippen LogP contribution in [0, 0.1) is 17.8 Å². The Morgan fingerprint density at radius 1 is 1.26 bits per heavy atom. The fourth-order valence-electron chi connectivity index (χ4n) is 2.42. The van der Waals surface area contributed by atoms with Gasteiger partial charge in [0.05, 0.1) is 11.8 Å². The van der Waals surface area contributed by atoms with E-state index in [2.05, 4.69) is 15.3 Å². The normalized spacial score (nSPS) is 25.4. The molecular weight excluding hydrogens is 241 g/mol. The molecule has 0 aliphatic heterocycles. The molecule has 1 aromatic rings. The number of nitrogens with one attached hydrogen (secondary N) is 1. The third-order valence-electron chi connectivity index (χ3n) is 3.25. The Bertz CT molecular complexity index is 455. The van der Waals surface area contributed by atoms with Gasteiger partial charge in [-0.1, -0.05) is 6.92 Å². The fourth-order valence-corrected chi connectivity index (χ4v) is 2.42. The van der Waals surface area contributed by atoms with E-state index in [0.717, 1.165) is 0 Å². The van der Waals surface area contributed by atoms with Crippen molar-refractivity contribution in [3.05, 3.63) is 18.5 Å². The first kappa shape index (κ1) is 15.7. The summed E-state index contributed by atoms with van der Waals surface area (Å²) in [5.41, 5.74) is 0. The van der Waals surface area contributed by atoms with Crippen molar-refractivity contribution in [2.45, 2.75) is 19.8 Å². The number of aliphatic carboxylic acids is 1. The number of hydrogen-bond donors (Lipinski definition) is 2. The molecule has 1 amide bonds. The van der Waals surface area contributed by atoms with Crippen molar-refractivity contribution in [1.29, 1.82) is 0 Å². The van der Waals surface area contributed by atoms with Crippen LogP contribution in [-0.2, 0) is 9.59 Å². The van der Waals surface area contributed by atoms with Crippen LogP contribution < -0.4 is 5.32 Å². The van der Waals surface area contributed by atoms with Gasteiger partial charge in [0.25, 0.3) is 0 Å². The van der Waals surface area contributed by atoms with Crippen LogP contribution >= 0.6 is 0 Å². The molecule has 1 aromatic heterocycles. The van der Waals surface area contributed by atoms with Gasteiger partial charge in [0.1, 0.15) is 0 Å². The molecule has 2 N–H and O–H groups in total. The number of carboxylic acids is 1. The minimum atomic E-state index is -0.909. The maximum absolute atomic E-state index is 12.0. The number of carbonyl (C=O) groups is 2. The monoisotopic (exact) mass is 256 g/mol. The van der Waals surface area contributed by atoms with Crippen LogP contribution in [0.5, 0.6) is 0 Å². The second-order valence-electron chi connectivity index (χ2n) is 4.69. The van der Waals surface area contributed by atoms with E-state index in [1.807, 2.05) is 6.92 Å². The SMILES string of the molecule is CC1CC(C(=O)O)C(C(=O)Nc2ncccn2)C1.[Li]. The summed E-state index contributed by atoms with van der Waals surface area (Å²) in [6, 6.07) is 1.65. The molecule has 6 nitrogen and oxygen atoms in total. The van der Waals surface area contributed by atoms with Crippen LogP contribution in [0.3, 0.4) is 0 Å². The number of carbonyl (C=O) groups excluding carboxylic acids is 1. The smallest absolute Gasteiger partial charge is 0.307 e. The average molecular weight is 256 g/mol. The molecule has 0 saturated heterocycles. The standard InChI is InChI=1S/C12H15N3O3.Li/c1-7-5-8(9(6-7)11(17)18)10(16)15-12-13-3-2-4-14-12;/h2-4,7-9H,5-6H2,1H3,(H,17,18)(H,13,14,15,16);. The van der Waals surface area contributed by atoms with E-state index in [1.165, 1.54) is 12.4 Å². The molecule has 3 atom stereocenters. The molecule has 1 saturated carbocycles. The number of anilines is 1. The van der Waals surface area contributed by atoms with E-state index >= 15 is 0 Å². The molecule has 19 heavy (non-hydrogen) atoms. The summed E-state index contributed by atoms with van der Waals surface area (Å²) in [6.45, 7) is 1.96. The first-order valence-electron chi connectivity index (χ1n) is 5.88. The minimum absolute atomic E-state index is 0. The largest absolute Gasteiger partial charge is 0.481 e. The average Bonchev–Trinajstić information content (AvgIpc) is 2.73. The van der Waals surface area contributed by atoms with E-state index in [-0.39, 0.29) is 36.6 Å². The van der Waals surface area contributed by atoms with Gasteiger partial charge in [-0.3, -0.25) is 14.9 Å². The van der Waals surface area contributed by atoms with Gasteiger partial charge in [0.15, 0.2) is 0 Å². The number of nitrogens with zero attached hydrogens (tertiary/aromatic N) is 2. The summed E-state index contributed by atoms with van der Waals surface area (Å²) < 4.78 is 0. The van der Waals surface area contributed by atoms with Crippen LogP contribution in [0.15, 0.2) is 18.5 Å². The number of carboxylic acid groups (broad SMARTS) is 1. The zero-order valence-electron chi connectivity index (χ0n) is 11.0. The molecule has 1 aliphatic rings. The minimum Gasteiger partial charge on any atom is -0.481 e. The van der Waals surface area contributed by atoms with Crippen LogP contribution in [0.1, 0.15) is 19.8 Å². The number of rotatable bonds is 3. The van der Waals surface area contributed by atoms with Crippen molar-refractivity contribution in [2.75, 3.05) is 5.32 Å². The molecule has 1 radical (unpaired) electrons. The number of hydrogen-bond acceptors (Lipinski definition) is 4. The van der Waals surface area contributed by atoms with Crippen LogP contribution in [-0.4, -0.2) is 45.8 Å². The molecule has 3 unspecified atom stereocenters. The van der Waals surface area contributed by atoms with Gasteiger partial charge >= 0.3 is 5.97 Å². The van der Waals surface area contributed by atoms with E-state index in [0.29, 0.717) is 12.8 Å². The van der Waals surface area contributed by atoms with E-state index in [4.69, 9.17) is 5.11 Å². The molecule has 1 aliphatic carbocycles. The molecule has 0 aromatic carbocycles. The van der Waals surface area contributed by atoms with Gasteiger partial charge in [0, 0.05) is 31.3 Å². The van der Waals surface area contributed by atoms with Crippen LogP contribution in [0.4, 0.5) is 5.95 Å². The summed E-state index contributed by atoms with van der Waals surface area (Å²) in [5, 5.41) is 11.7. The molecule has 2 rings (SSSR count). The molecule has 1 heterocycles. The fraction of sp³-hybridized carbons (Fsp3) is 0.500. The molecule has 7 heteroatoms. The predicted molar refractivity (Wildman–Crippen MR) is 69.4 cm³/mol.